The van der Waals surface area contributed by atoms with E-state index in [1.807, 2.05) is 32.5 Å². The van der Waals surface area contributed by atoms with E-state index in [1.165, 1.54) is 5.56 Å². The molecule has 4 heterocycles. The second kappa shape index (κ2) is 13.0. The number of rotatable bonds is 10. The van der Waals surface area contributed by atoms with Gasteiger partial charge < -0.3 is 19.8 Å². The molecule has 3 N–H and O–H groups in total. The molecule has 5 aromatic rings. The first-order valence-electron chi connectivity index (χ1n) is 14.8. The van der Waals surface area contributed by atoms with Gasteiger partial charge in [-0.05, 0) is 17.5 Å². The van der Waals surface area contributed by atoms with Crippen LogP contribution in [0.3, 0.4) is 0 Å². The van der Waals surface area contributed by atoms with Crippen LogP contribution in [-0.2, 0) is 6.54 Å². The van der Waals surface area contributed by atoms with Crippen LogP contribution in [0, 0.1) is 5.41 Å². The second-order valence-electron chi connectivity index (χ2n) is 10.8. The van der Waals surface area contributed by atoms with Crippen LogP contribution in [0.25, 0.3) is 11.2 Å². The SMILES string of the molecule is CCCCNC(=O)N1CCN(C(c2ccccc2)C(c2ccccc2)n2cc(Cn3cnc(=N)c4[nH]cnc43)nn2)CC1. The normalized spacial score (nSPS) is 15.4. The first kappa shape index (κ1) is 28.3. The highest BCUT2D eigenvalue weighted by molar-refractivity contribution is 5.74. The lowest BCUT2D eigenvalue weighted by Gasteiger charge is -2.42. The van der Waals surface area contributed by atoms with E-state index in [0.29, 0.717) is 37.3 Å². The van der Waals surface area contributed by atoms with E-state index in [-0.39, 0.29) is 23.6 Å². The highest BCUT2D eigenvalue weighted by Gasteiger charge is 2.35. The Morgan fingerprint density at radius 3 is 2.37 bits per heavy atom. The van der Waals surface area contributed by atoms with E-state index >= 15 is 0 Å². The Balaban J connectivity index is 1.31. The Hall–Kier alpha value is -4.84. The number of nitrogens with zero attached hydrogens (tertiary/aromatic N) is 8. The summed E-state index contributed by atoms with van der Waals surface area (Å²) in [5, 5.41) is 20.3. The molecule has 0 radical (unpaired) electrons. The molecule has 0 aliphatic carbocycles. The molecular formula is C31H37N11O. The summed E-state index contributed by atoms with van der Waals surface area (Å²) in [5.74, 6) is 0. The molecule has 2 atom stereocenters. The maximum Gasteiger partial charge on any atom is 0.317 e. The minimum atomic E-state index is -0.168. The fourth-order valence-electron chi connectivity index (χ4n) is 5.80. The minimum absolute atomic E-state index is 0.0151. The molecule has 1 aliphatic heterocycles. The summed E-state index contributed by atoms with van der Waals surface area (Å²) in [7, 11) is 0. The van der Waals surface area contributed by atoms with Gasteiger partial charge in [-0.15, -0.1) is 5.10 Å². The third-order valence-corrected chi connectivity index (χ3v) is 8.01. The van der Waals surface area contributed by atoms with E-state index < -0.39 is 0 Å². The number of H-pyrrole nitrogens is 1. The standard InChI is InChI=1S/C31H37N11O/c1-2-3-14-33-31(43)40-17-15-39(16-18-40)27(23-10-6-4-7-11-23)28(24-12-8-5-9-13-24)42-20-25(37-38-42)19-41-22-36-29(32)26-30(41)35-21-34-26/h4-13,20-22,27-28,32H,2-3,14-19H2,1H3,(H,33,43)(H,34,35). The Morgan fingerprint density at radius 1 is 0.977 bits per heavy atom. The Bertz CT molecular complexity index is 1690. The number of carbonyl (C=O) groups excluding carboxylic acids is 1. The summed E-state index contributed by atoms with van der Waals surface area (Å²) < 4.78 is 3.83. The molecule has 6 rings (SSSR count). The number of unbranched alkanes of at least 4 members (excludes halogenated alkanes) is 1. The fraction of sp³-hybridized carbons (Fsp3) is 0.355. The summed E-state index contributed by atoms with van der Waals surface area (Å²) >= 11 is 0. The quantitative estimate of drug-likeness (QED) is 0.217. The lowest BCUT2D eigenvalue weighted by atomic mass is 9.91. The number of urea groups is 1. The van der Waals surface area contributed by atoms with Crippen molar-refractivity contribution < 1.29 is 4.79 Å². The van der Waals surface area contributed by atoms with E-state index in [4.69, 9.17) is 5.41 Å². The molecule has 2 aromatic carbocycles. The van der Waals surface area contributed by atoms with Gasteiger partial charge >= 0.3 is 6.03 Å². The van der Waals surface area contributed by atoms with Gasteiger partial charge in [-0.3, -0.25) is 10.3 Å². The molecule has 1 aliphatic rings. The first-order valence-corrected chi connectivity index (χ1v) is 14.8. The third kappa shape index (κ3) is 6.19. The van der Waals surface area contributed by atoms with E-state index in [2.05, 4.69) is 90.9 Å². The number of piperazine rings is 1. The molecule has 2 amide bonds. The van der Waals surface area contributed by atoms with Crippen LogP contribution in [0.1, 0.15) is 48.7 Å². The maximum absolute atomic E-state index is 12.8. The number of aromatic nitrogens is 7. The molecule has 3 aromatic heterocycles. The number of carbonyl (C=O) groups is 1. The van der Waals surface area contributed by atoms with Gasteiger partial charge in [-0.25, -0.2) is 19.4 Å². The fourth-order valence-corrected chi connectivity index (χ4v) is 5.80. The summed E-state index contributed by atoms with van der Waals surface area (Å²) in [5.41, 5.74) is 4.44. The molecule has 12 nitrogen and oxygen atoms in total. The minimum Gasteiger partial charge on any atom is -0.340 e. The van der Waals surface area contributed by atoms with Crippen molar-refractivity contribution in [2.24, 2.45) is 0 Å². The molecule has 43 heavy (non-hydrogen) atoms. The van der Waals surface area contributed by atoms with Crippen molar-refractivity contribution in [1.29, 1.82) is 5.41 Å². The van der Waals surface area contributed by atoms with Crippen LogP contribution in [0.5, 0.6) is 0 Å². The number of imidazole rings is 1. The Labute approximate surface area is 249 Å². The number of hydrogen-bond donors (Lipinski definition) is 3. The lowest BCUT2D eigenvalue weighted by molar-refractivity contribution is 0.0875. The van der Waals surface area contributed by atoms with Crippen LogP contribution < -0.4 is 10.8 Å². The number of aromatic amines is 1. The number of nitrogens with one attached hydrogen (secondary N) is 3. The number of benzene rings is 2. The van der Waals surface area contributed by atoms with E-state index in [9.17, 15) is 4.79 Å². The van der Waals surface area contributed by atoms with E-state index in [1.54, 1.807) is 12.7 Å². The van der Waals surface area contributed by atoms with Crippen LogP contribution in [0.2, 0.25) is 0 Å². The Morgan fingerprint density at radius 2 is 1.67 bits per heavy atom. The molecule has 1 fully saturated rings. The molecule has 222 valence electrons. The monoisotopic (exact) mass is 579 g/mol. The van der Waals surface area contributed by atoms with E-state index in [0.717, 1.165) is 37.2 Å². The van der Waals surface area contributed by atoms with Crippen molar-refractivity contribution in [3.63, 3.8) is 0 Å². The van der Waals surface area contributed by atoms with Gasteiger partial charge in [0, 0.05) is 32.7 Å². The zero-order chi connectivity index (χ0) is 29.6. The van der Waals surface area contributed by atoms with Crippen LogP contribution >= 0.6 is 0 Å². The zero-order valence-corrected chi connectivity index (χ0v) is 24.3. The average Bonchev–Trinajstić information content (AvgIpc) is 3.73. The van der Waals surface area contributed by atoms with Crippen molar-refractivity contribution in [3.05, 3.63) is 102 Å². The summed E-state index contributed by atoms with van der Waals surface area (Å²) in [6.07, 6.45) is 7.22. The van der Waals surface area contributed by atoms with Gasteiger partial charge in [0.15, 0.2) is 11.1 Å². The summed E-state index contributed by atoms with van der Waals surface area (Å²) in [4.78, 5) is 28.7. The lowest BCUT2D eigenvalue weighted by Crippen LogP contribution is -2.53. The van der Waals surface area contributed by atoms with Crippen LogP contribution in [-0.4, -0.2) is 83.1 Å². The maximum atomic E-state index is 12.8. The van der Waals surface area contributed by atoms with Crippen molar-refractivity contribution in [2.45, 2.75) is 38.4 Å². The average molecular weight is 580 g/mol. The number of amides is 2. The first-order chi connectivity index (χ1) is 21.1. The van der Waals surface area contributed by atoms with Gasteiger partial charge in [-0.1, -0.05) is 79.2 Å². The zero-order valence-electron chi connectivity index (χ0n) is 24.3. The highest BCUT2D eigenvalue weighted by Crippen LogP contribution is 2.37. The van der Waals surface area contributed by atoms with Gasteiger partial charge in [0.05, 0.1) is 37.5 Å². The highest BCUT2D eigenvalue weighted by atomic mass is 16.2. The second-order valence-corrected chi connectivity index (χ2v) is 10.8. The molecule has 2 unspecified atom stereocenters. The smallest absolute Gasteiger partial charge is 0.317 e. The Kier molecular flexibility index (Phi) is 8.55. The van der Waals surface area contributed by atoms with Gasteiger partial charge in [-0.2, -0.15) is 0 Å². The molecular weight excluding hydrogens is 542 g/mol. The number of fused-ring (bicyclic) bond motifs is 1. The predicted octanol–water partition coefficient (Wildman–Crippen LogP) is 3.34. The van der Waals surface area contributed by atoms with Crippen molar-refractivity contribution >= 4 is 17.2 Å². The van der Waals surface area contributed by atoms with Crippen molar-refractivity contribution in [1.82, 2.24) is 49.6 Å². The van der Waals surface area contributed by atoms with Crippen molar-refractivity contribution in [2.75, 3.05) is 32.7 Å². The number of hydrogen-bond acceptors (Lipinski definition) is 7. The topological polar surface area (TPSA) is 137 Å². The third-order valence-electron chi connectivity index (χ3n) is 8.01. The molecule has 0 spiro atoms. The van der Waals surface area contributed by atoms with Crippen LogP contribution in [0.15, 0.2) is 79.5 Å². The van der Waals surface area contributed by atoms with Gasteiger partial charge in [0.25, 0.3) is 0 Å². The largest absolute Gasteiger partial charge is 0.340 e. The molecule has 0 saturated carbocycles. The van der Waals surface area contributed by atoms with Crippen LogP contribution in [0.4, 0.5) is 4.79 Å². The summed E-state index contributed by atoms with van der Waals surface area (Å²) in [6.45, 7) is 6.03. The molecule has 1 saturated heterocycles. The molecule has 12 heteroatoms. The summed E-state index contributed by atoms with van der Waals surface area (Å²) in [6, 6.07) is 20.7. The van der Waals surface area contributed by atoms with Crippen molar-refractivity contribution in [3.8, 4) is 0 Å². The van der Waals surface area contributed by atoms with Gasteiger partial charge in [0.1, 0.15) is 11.2 Å². The molecule has 0 bridgehead atoms. The van der Waals surface area contributed by atoms with Gasteiger partial charge in [0.2, 0.25) is 0 Å². The predicted molar refractivity (Wildman–Crippen MR) is 162 cm³/mol.